The lowest BCUT2D eigenvalue weighted by Crippen LogP contribution is -2.30. The van der Waals surface area contributed by atoms with Crippen LogP contribution in [0.5, 0.6) is 11.5 Å². The first-order chi connectivity index (χ1) is 15.0. The van der Waals surface area contributed by atoms with Gasteiger partial charge in [0.05, 0.1) is 20.0 Å². The molecule has 1 saturated heterocycles. The molecule has 0 aromatic heterocycles. The van der Waals surface area contributed by atoms with Gasteiger partial charge in [0.25, 0.3) is 0 Å². The highest BCUT2D eigenvalue weighted by Crippen LogP contribution is 2.43. The van der Waals surface area contributed by atoms with E-state index in [9.17, 15) is 4.79 Å². The van der Waals surface area contributed by atoms with Gasteiger partial charge in [-0.15, -0.1) is 11.8 Å². The van der Waals surface area contributed by atoms with Crippen molar-refractivity contribution in [2.24, 2.45) is 0 Å². The third-order valence-electron chi connectivity index (χ3n) is 5.74. The summed E-state index contributed by atoms with van der Waals surface area (Å²) in [5.41, 5.74) is 3.50. The third-order valence-corrected chi connectivity index (χ3v) is 6.98. The van der Waals surface area contributed by atoms with Crippen LogP contribution in [0.15, 0.2) is 54.6 Å². The first-order valence-electron chi connectivity index (χ1n) is 10.3. The monoisotopic (exact) mass is 436 g/mol. The summed E-state index contributed by atoms with van der Waals surface area (Å²) < 4.78 is 10.8. The molecule has 1 fully saturated rings. The summed E-state index contributed by atoms with van der Waals surface area (Å²) in [7, 11) is 7.39. The number of benzene rings is 3. The number of nitrogens with zero attached hydrogens (tertiary/aromatic N) is 2. The number of thioether (sulfide) groups is 1. The second-order valence-electron chi connectivity index (χ2n) is 7.80. The number of anilines is 1. The van der Waals surface area contributed by atoms with Crippen LogP contribution in [-0.2, 0) is 11.2 Å². The summed E-state index contributed by atoms with van der Waals surface area (Å²) in [6.07, 6.45) is 0.761. The highest BCUT2D eigenvalue weighted by atomic mass is 32.2. The molecule has 0 aliphatic carbocycles. The molecule has 1 aliphatic heterocycles. The van der Waals surface area contributed by atoms with Gasteiger partial charge in [-0.05, 0) is 41.1 Å². The standard InChI is InChI=1S/C25H28N2O3S/c1-26(2)21-11-10-20(18-7-5-6-8-19(18)21)25-27(24(28)16-31-25)14-13-17-9-12-22(29-3)23(15-17)30-4/h5-12,15,25H,13-14,16H2,1-4H3. The maximum absolute atomic E-state index is 12.8. The zero-order valence-electron chi connectivity index (χ0n) is 18.4. The lowest BCUT2D eigenvalue weighted by Gasteiger charge is -2.27. The van der Waals surface area contributed by atoms with Crippen LogP contribution in [-0.4, -0.2) is 51.4 Å². The largest absolute Gasteiger partial charge is 0.493 e. The van der Waals surface area contributed by atoms with Crippen LogP contribution in [0.3, 0.4) is 0 Å². The Balaban J connectivity index is 1.62. The normalized spacial score (nSPS) is 16.1. The molecule has 0 radical (unpaired) electrons. The number of carbonyl (C=O) groups excluding carboxylic acids is 1. The number of amides is 1. The van der Waals surface area contributed by atoms with E-state index < -0.39 is 0 Å². The van der Waals surface area contributed by atoms with Gasteiger partial charge in [0, 0.05) is 31.7 Å². The minimum Gasteiger partial charge on any atom is -0.493 e. The molecule has 1 heterocycles. The number of hydrogen-bond acceptors (Lipinski definition) is 5. The fourth-order valence-electron chi connectivity index (χ4n) is 4.15. The van der Waals surface area contributed by atoms with Crippen LogP contribution >= 0.6 is 11.8 Å². The molecule has 162 valence electrons. The smallest absolute Gasteiger partial charge is 0.233 e. The molecule has 0 N–H and O–H groups in total. The molecule has 0 spiro atoms. The van der Waals surface area contributed by atoms with Gasteiger partial charge in [0.15, 0.2) is 11.5 Å². The van der Waals surface area contributed by atoms with E-state index in [0.717, 1.165) is 12.0 Å². The maximum Gasteiger partial charge on any atom is 0.233 e. The number of ether oxygens (including phenoxy) is 2. The lowest BCUT2D eigenvalue weighted by atomic mass is 10.0. The van der Waals surface area contributed by atoms with Gasteiger partial charge >= 0.3 is 0 Å². The Morgan fingerprint density at radius 2 is 1.74 bits per heavy atom. The SMILES string of the molecule is COc1ccc(CCN2C(=O)CSC2c2ccc(N(C)C)c3ccccc23)cc1OC. The number of methoxy groups -OCH3 is 2. The van der Waals surface area contributed by atoms with E-state index >= 15 is 0 Å². The van der Waals surface area contributed by atoms with Gasteiger partial charge in [-0.1, -0.05) is 36.4 Å². The van der Waals surface area contributed by atoms with Gasteiger partial charge in [-0.25, -0.2) is 0 Å². The van der Waals surface area contributed by atoms with Gasteiger partial charge in [-0.3, -0.25) is 4.79 Å². The predicted molar refractivity (Wildman–Crippen MR) is 128 cm³/mol. The van der Waals surface area contributed by atoms with Crippen LogP contribution < -0.4 is 14.4 Å². The average molecular weight is 437 g/mol. The Morgan fingerprint density at radius 3 is 2.45 bits per heavy atom. The molecule has 4 rings (SSSR count). The number of rotatable bonds is 7. The zero-order valence-corrected chi connectivity index (χ0v) is 19.2. The minimum absolute atomic E-state index is 0.0220. The first-order valence-corrected chi connectivity index (χ1v) is 11.4. The van der Waals surface area contributed by atoms with E-state index in [4.69, 9.17) is 9.47 Å². The molecular formula is C25H28N2O3S. The van der Waals surface area contributed by atoms with E-state index in [1.54, 1.807) is 26.0 Å². The molecule has 1 atom stereocenters. The van der Waals surface area contributed by atoms with Crippen LogP contribution in [0.2, 0.25) is 0 Å². The van der Waals surface area contributed by atoms with Crippen LogP contribution in [0.1, 0.15) is 16.5 Å². The lowest BCUT2D eigenvalue weighted by molar-refractivity contribution is -0.128. The number of hydrogen-bond donors (Lipinski definition) is 0. The van der Waals surface area contributed by atoms with Crippen LogP contribution in [0, 0.1) is 0 Å². The topological polar surface area (TPSA) is 42.0 Å². The quantitative estimate of drug-likeness (QED) is 0.535. The Hall–Kier alpha value is -2.86. The van der Waals surface area contributed by atoms with Crippen molar-refractivity contribution in [3.8, 4) is 11.5 Å². The van der Waals surface area contributed by atoms with E-state index in [2.05, 4.69) is 55.4 Å². The molecule has 1 aliphatic rings. The van der Waals surface area contributed by atoms with Gasteiger partial charge < -0.3 is 19.3 Å². The molecule has 1 amide bonds. The average Bonchev–Trinajstić information content (AvgIpc) is 3.16. The minimum atomic E-state index is 0.0220. The molecule has 5 nitrogen and oxygen atoms in total. The summed E-state index contributed by atoms with van der Waals surface area (Å²) >= 11 is 1.71. The molecule has 3 aromatic carbocycles. The van der Waals surface area contributed by atoms with Crippen molar-refractivity contribution in [1.29, 1.82) is 0 Å². The fourth-order valence-corrected chi connectivity index (χ4v) is 5.41. The van der Waals surface area contributed by atoms with Crippen LogP contribution in [0.25, 0.3) is 10.8 Å². The molecule has 31 heavy (non-hydrogen) atoms. The second kappa shape index (κ2) is 9.10. The highest BCUT2D eigenvalue weighted by molar-refractivity contribution is 8.00. The van der Waals surface area contributed by atoms with Crippen molar-refractivity contribution in [3.63, 3.8) is 0 Å². The zero-order chi connectivity index (χ0) is 22.0. The Kier molecular flexibility index (Phi) is 6.28. The van der Waals surface area contributed by atoms with Gasteiger partial charge in [0.2, 0.25) is 5.91 Å². The van der Waals surface area contributed by atoms with E-state index in [-0.39, 0.29) is 11.3 Å². The predicted octanol–water partition coefficient (Wildman–Crippen LogP) is 4.74. The summed E-state index contributed by atoms with van der Waals surface area (Å²) in [6, 6.07) is 18.7. The Morgan fingerprint density at radius 1 is 1.00 bits per heavy atom. The summed E-state index contributed by atoms with van der Waals surface area (Å²) in [4.78, 5) is 16.9. The summed E-state index contributed by atoms with van der Waals surface area (Å²) in [6.45, 7) is 0.662. The van der Waals surface area contributed by atoms with E-state index in [1.807, 2.05) is 23.1 Å². The van der Waals surface area contributed by atoms with Crippen molar-refractivity contribution < 1.29 is 14.3 Å². The van der Waals surface area contributed by atoms with Crippen molar-refractivity contribution in [3.05, 3.63) is 65.7 Å². The van der Waals surface area contributed by atoms with Gasteiger partial charge in [0.1, 0.15) is 5.37 Å². The fraction of sp³-hybridized carbons (Fsp3) is 0.320. The number of carbonyl (C=O) groups is 1. The molecule has 0 saturated carbocycles. The highest BCUT2D eigenvalue weighted by Gasteiger charge is 2.33. The van der Waals surface area contributed by atoms with Crippen molar-refractivity contribution in [1.82, 2.24) is 4.90 Å². The van der Waals surface area contributed by atoms with E-state index in [1.165, 1.54) is 22.0 Å². The molecule has 3 aromatic rings. The molecular weight excluding hydrogens is 408 g/mol. The van der Waals surface area contributed by atoms with Crippen molar-refractivity contribution in [2.45, 2.75) is 11.8 Å². The molecule has 6 heteroatoms. The Labute approximate surface area is 187 Å². The van der Waals surface area contributed by atoms with E-state index in [0.29, 0.717) is 23.8 Å². The first kappa shape index (κ1) is 21.4. The summed E-state index contributed by atoms with van der Waals surface area (Å²) in [5, 5.41) is 2.44. The molecule has 1 unspecified atom stereocenters. The van der Waals surface area contributed by atoms with Crippen molar-refractivity contribution in [2.75, 3.05) is 45.5 Å². The van der Waals surface area contributed by atoms with Crippen molar-refractivity contribution >= 4 is 34.1 Å². The second-order valence-corrected chi connectivity index (χ2v) is 8.87. The van der Waals surface area contributed by atoms with Crippen LogP contribution in [0.4, 0.5) is 5.69 Å². The summed E-state index contributed by atoms with van der Waals surface area (Å²) in [5.74, 6) is 2.13. The van der Waals surface area contributed by atoms with Gasteiger partial charge in [-0.2, -0.15) is 0 Å². The number of fused-ring (bicyclic) bond motifs is 1. The maximum atomic E-state index is 12.8. The third kappa shape index (κ3) is 4.17. The molecule has 0 bridgehead atoms. The Bertz CT molecular complexity index is 1100.